The van der Waals surface area contributed by atoms with Gasteiger partial charge in [0.1, 0.15) is 36.8 Å². The predicted octanol–water partition coefficient (Wildman–Crippen LogP) is 9.67. The van der Waals surface area contributed by atoms with E-state index in [1.165, 1.54) is 38.5 Å². The molecular formula is C49H80O12S. The Labute approximate surface area is 373 Å². The van der Waals surface area contributed by atoms with Crippen molar-refractivity contribution in [3.8, 4) is 0 Å². The third-order valence-corrected chi connectivity index (χ3v) is 10.7. The molecule has 1 aliphatic heterocycles. The fourth-order valence-corrected chi connectivity index (χ4v) is 7.08. The van der Waals surface area contributed by atoms with Gasteiger partial charge in [-0.15, -0.1) is 0 Å². The van der Waals surface area contributed by atoms with Crippen LogP contribution in [0.5, 0.6) is 0 Å². The van der Waals surface area contributed by atoms with E-state index in [9.17, 15) is 37.9 Å². The number of rotatable bonds is 37. The monoisotopic (exact) mass is 893 g/mol. The first kappa shape index (κ1) is 56.8. The number of esters is 2. The summed E-state index contributed by atoms with van der Waals surface area (Å²) in [6.07, 6.45) is 40.6. The van der Waals surface area contributed by atoms with E-state index in [4.69, 9.17) is 18.9 Å². The van der Waals surface area contributed by atoms with Crippen LogP contribution in [0, 0.1) is 0 Å². The zero-order valence-electron chi connectivity index (χ0n) is 37.7. The maximum atomic E-state index is 12.8. The van der Waals surface area contributed by atoms with E-state index in [1.807, 2.05) is 12.2 Å². The van der Waals surface area contributed by atoms with Crippen LogP contribution in [0.25, 0.3) is 0 Å². The van der Waals surface area contributed by atoms with Gasteiger partial charge in [0.15, 0.2) is 12.4 Å². The lowest BCUT2D eigenvalue weighted by Crippen LogP contribution is -2.60. The summed E-state index contributed by atoms with van der Waals surface area (Å²) in [6, 6.07) is 0. The van der Waals surface area contributed by atoms with Crippen LogP contribution in [0.3, 0.4) is 0 Å². The van der Waals surface area contributed by atoms with Crippen LogP contribution in [0.2, 0.25) is 0 Å². The molecule has 1 aliphatic rings. The molecular weight excluding hydrogens is 813 g/mol. The molecule has 0 aromatic carbocycles. The van der Waals surface area contributed by atoms with Crippen LogP contribution in [0.15, 0.2) is 85.1 Å². The molecule has 0 spiro atoms. The Morgan fingerprint density at radius 3 is 1.56 bits per heavy atom. The topological polar surface area (TPSA) is 186 Å². The van der Waals surface area contributed by atoms with Crippen molar-refractivity contribution in [2.24, 2.45) is 0 Å². The smallest absolute Gasteiger partial charge is 0.306 e. The van der Waals surface area contributed by atoms with Crippen LogP contribution in [0.1, 0.15) is 155 Å². The van der Waals surface area contributed by atoms with Crippen molar-refractivity contribution in [2.45, 2.75) is 192 Å². The molecule has 0 amide bonds. The number of aliphatic hydroxyl groups is 3. The Balaban J connectivity index is 2.49. The van der Waals surface area contributed by atoms with Gasteiger partial charge in [-0.1, -0.05) is 144 Å². The number of aliphatic hydroxyl groups excluding tert-OH is 3. The standard InChI is InChI=1S/C49H80O12S/c1-3-5-7-9-11-13-15-17-19-21-23-25-27-29-31-33-35-37-44(50)58-39-42(40-59-49-48(54)47(53)46(52)43(61-49)41-62(55,56)57)60-45(51)38-36-34-32-30-28-26-24-22-20-18-16-14-12-10-8-6-4-2/h6,8,11-14,17-20,24,26,30,32,42-43,46-49,52-54H,3-5,7,9-10,15-16,21-23,25,27-29,31,33-41H2,1-2H3,(H,55,56,57)/b8-6+,13-11+,14-12+,19-17+,20-18+,26-24+,32-30+/t42-,43-,46-,47?,48?,49+/m1/s1. The summed E-state index contributed by atoms with van der Waals surface area (Å²) in [7, 11) is -4.62. The van der Waals surface area contributed by atoms with Gasteiger partial charge < -0.3 is 34.3 Å². The molecule has 0 aromatic rings. The molecule has 62 heavy (non-hydrogen) atoms. The van der Waals surface area contributed by atoms with Crippen molar-refractivity contribution in [1.29, 1.82) is 0 Å². The Hall–Kier alpha value is -3.17. The molecule has 0 aliphatic carbocycles. The summed E-state index contributed by atoms with van der Waals surface area (Å²) in [4.78, 5) is 25.4. The SMILES string of the molecule is CC/C=C/C/C=C/C/C=C/C/C=C/C/C=C/CCCC(=O)O[C@H](COC(=O)CCCCCCCCC/C=C/C/C=C/CCCCC)CO[C@H]1O[C@H](CS(=O)(=O)O)[C@@H](O)C(O)C1O. The second-order valence-electron chi connectivity index (χ2n) is 15.7. The Kier molecular flexibility index (Phi) is 35.1. The fourth-order valence-electron chi connectivity index (χ4n) is 6.39. The maximum absolute atomic E-state index is 12.8. The summed E-state index contributed by atoms with van der Waals surface area (Å²) in [5.41, 5.74) is 0. The summed E-state index contributed by atoms with van der Waals surface area (Å²) in [5.74, 6) is -2.08. The average Bonchev–Trinajstić information content (AvgIpc) is 3.24. The highest BCUT2D eigenvalue weighted by molar-refractivity contribution is 7.85. The molecule has 4 N–H and O–H groups in total. The number of carbonyl (C=O) groups excluding carboxylic acids is 2. The minimum atomic E-state index is -4.62. The molecule has 0 bridgehead atoms. The predicted molar refractivity (Wildman–Crippen MR) is 247 cm³/mol. The lowest BCUT2D eigenvalue weighted by Gasteiger charge is -2.40. The zero-order chi connectivity index (χ0) is 45.5. The molecule has 13 heteroatoms. The van der Waals surface area contributed by atoms with Gasteiger partial charge in [0.05, 0.1) is 6.61 Å². The van der Waals surface area contributed by atoms with Crippen molar-refractivity contribution in [3.05, 3.63) is 85.1 Å². The summed E-state index contributed by atoms with van der Waals surface area (Å²) in [5, 5.41) is 30.9. The van der Waals surface area contributed by atoms with Gasteiger partial charge in [0.25, 0.3) is 10.1 Å². The van der Waals surface area contributed by atoms with E-state index in [0.29, 0.717) is 19.3 Å². The molecule has 354 valence electrons. The molecule has 1 fully saturated rings. The molecule has 1 rings (SSSR count). The quantitative estimate of drug-likeness (QED) is 0.0201. The van der Waals surface area contributed by atoms with E-state index in [1.54, 1.807) is 0 Å². The van der Waals surface area contributed by atoms with Crippen molar-refractivity contribution in [3.63, 3.8) is 0 Å². The van der Waals surface area contributed by atoms with Crippen molar-refractivity contribution < 1.29 is 56.8 Å². The second-order valence-corrected chi connectivity index (χ2v) is 17.2. The van der Waals surface area contributed by atoms with Crippen LogP contribution >= 0.6 is 0 Å². The minimum Gasteiger partial charge on any atom is -0.462 e. The zero-order valence-corrected chi connectivity index (χ0v) is 38.5. The van der Waals surface area contributed by atoms with Crippen LogP contribution in [0.4, 0.5) is 0 Å². The number of unbranched alkanes of at least 4 members (excludes halogenated alkanes) is 11. The average molecular weight is 893 g/mol. The van der Waals surface area contributed by atoms with Crippen LogP contribution in [-0.4, -0.2) is 96.0 Å². The van der Waals surface area contributed by atoms with E-state index < -0.39 is 71.2 Å². The highest BCUT2D eigenvalue weighted by atomic mass is 32.2. The molecule has 6 atom stereocenters. The first-order chi connectivity index (χ1) is 30.0. The number of hydrogen-bond donors (Lipinski definition) is 4. The lowest BCUT2D eigenvalue weighted by molar-refractivity contribution is -0.297. The second kappa shape index (κ2) is 38.3. The summed E-state index contributed by atoms with van der Waals surface area (Å²) < 4.78 is 54.0. The maximum Gasteiger partial charge on any atom is 0.306 e. The Morgan fingerprint density at radius 2 is 1.03 bits per heavy atom. The van der Waals surface area contributed by atoms with Gasteiger partial charge in [0.2, 0.25) is 0 Å². The van der Waals surface area contributed by atoms with Crippen molar-refractivity contribution in [1.82, 2.24) is 0 Å². The van der Waals surface area contributed by atoms with Gasteiger partial charge in [0, 0.05) is 12.8 Å². The van der Waals surface area contributed by atoms with Gasteiger partial charge in [-0.3, -0.25) is 14.1 Å². The van der Waals surface area contributed by atoms with Gasteiger partial charge in [-0.25, -0.2) is 0 Å². The lowest BCUT2D eigenvalue weighted by atomic mass is 10.00. The van der Waals surface area contributed by atoms with E-state index in [-0.39, 0.29) is 19.4 Å². The molecule has 2 unspecified atom stereocenters. The first-order valence-corrected chi connectivity index (χ1v) is 24.8. The Bertz CT molecular complexity index is 1460. The molecule has 1 saturated heterocycles. The summed E-state index contributed by atoms with van der Waals surface area (Å²) in [6.45, 7) is 3.56. The minimum absolute atomic E-state index is 0.0796. The highest BCUT2D eigenvalue weighted by Crippen LogP contribution is 2.24. The number of carbonyl (C=O) groups is 2. The fraction of sp³-hybridized carbons (Fsp3) is 0.673. The van der Waals surface area contributed by atoms with Gasteiger partial charge >= 0.3 is 11.9 Å². The normalized spacial score (nSPS) is 20.6. The Morgan fingerprint density at radius 1 is 0.565 bits per heavy atom. The number of hydrogen-bond acceptors (Lipinski definition) is 11. The van der Waals surface area contributed by atoms with E-state index in [0.717, 1.165) is 70.6 Å². The third-order valence-electron chi connectivity index (χ3n) is 9.96. The number of ether oxygens (including phenoxy) is 4. The van der Waals surface area contributed by atoms with E-state index >= 15 is 0 Å². The molecule has 12 nitrogen and oxygen atoms in total. The van der Waals surface area contributed by atoms with E-state index in [2.05, 4.69) is 86.8 Å². The number of allylic oxidation sites excluding steroid dienone is 14. The van der Waals surface area contributed by atoms with Crippen LogP contribution < -0.4 is 0 Å². The van der Waals surface area contributed by atoms with Gasteiger partial charge in [-0.05, 0) is 83.5 Å². The molecule has 0 radical (unpaired) electrons. The largest absolute Gasteiger partial charge is 0.462 e. The highest BCUT2D eigenvalue weighted by Gasteiger charge is 2.46. The first-order valence-electron chi connectivity index (χ1n) is 23.1. The summed E-state index contributed by atoms with van der Waals surface area (Å²) >= 11 is 0. The van der Waals surface area contributed by atoms with Gasteiger partial charge in [-0.2, -0.15) is 8.42 Å². The van der Waals surface area contributed by atoms with Crippen molar-refractivity contribution >= 4 is 22.1 Å². The van der Waals surface area contributed by atoms with Crippen molar-refractivity contribution in [2.75, 3.05) is 19.0 Å². The molecule has 0 saturated carbocycles. The third kappa shape index (κ3) is 32.5. The molecule has 0 aromatic heterocycles. The molecule has 1 heterocycles. The van der Waals surface area contributed by atoms with Crippen LogP contribution in [-0.2, 0) is 38.7 Å².